The fourth-order valence-electron chi connectivity index (χ4n) is 15.7. The maximum Gasteiger partial charge on any atom is 0.0618 e. The molecule has 100 heavy (non-hydrogen) atoms. The van der Waals surface area contributed by atoms with Crippen LogP contribution in [0.5, 0.6) is 0 Å². The first-order chi connectivity index (χ1) is 49.5. The van der Waals surface area contributed by atoms with Crippen LogP contribution in [0.2, 0.25) is 0 Å². The average molecular weight is 1270 g/mol. The Morgan fingerprint density at radius 3 is 0.670 bits per heavy atom. The number of anilines is 6. The Morgan fingerprint density at radius 2 is 0.390 bits per heavy atom. The lowest BCUT2D eigenvalue weighted by Gasteiger charge is -2.32. The smallest absolute Gasteiger partial charge is 0.0618 e. The van der Waals surface area contributed by atoms with E-state index in [1.165, 1.54) is 75.8 Å². The summed E-state index contributed by atoms with van der Waals surface area (Å²) in [7, 11) is 0. The van der Waals surface area contributed by atoms with E-state index < -0.39 is 0 Å². The summed E-state index contributed by atoms with van der Waals surface area (Å²) in [5, 5.41) is 15.3. The molecular formula is C98H68N2. The largest absolute Gasteiger partial charge is 0.309 e. The van der Waals surface area contributed by atoms with Gasteiger partial charge in [0.2, 0.25) is 0 Å². The Labute approximate surface area is 583 Å². The summed E-state index contributed by atoms with van der Waals surface area (Å²) in [5.41, 5.74) is 25.0. The van der Waals surface area contributed by atoms with Crippen molar-refractivity contribution >= 4 is 98.8 Å². The average Bonchev–Trinajstić information content (AvgIpc) is 0.762. The third kappa shape index (κ3) is 10.5. The Morgan fingerprint density at radius 1 is 0.160 bits per heavy atom. The van der Waals surface area contributed by atoms with Crippen LogP contribution in [-0.2, 0) is 0 Å². The summed E-state index contributed by atoms with van der Waals surface area (Å²) >= 11 is 0. The number of nitrogens with zero attached hydrogens (tertiary/aromatic N) is 2. The van der Waals surface area contributed by atoms with Gasteiger partial charge in [-0.25, -0.2) is 0 Å². The molecule has 0 heterocycles. The Bertz CT molecular complexity index is 5570. The molecular weight excluding hydrogens is 1210 g/mol. The van der Waals surface area contributed by atoms with Crippen LogP contribution in [0.4, 0.5) is 34.1 Å². The van der Waals surface area contributed by atoms with Crippen molar-refractivity contribution in [3.8, 4) is 77.9 Å². The molecule has 0 amide bonds. The maximum atomic E-state index is 2.50. The van der Waals surface area contributed by atoms with Crippen molar-refractivity contribution in [2.24, 2.45) is 0 Å². The van der Waals surface area contributed by atoms with Crippen LogP contribution in [0.1, 0.15) is 11.1 Å². The normalized spacial score (nSPS) is 11.5. The molecule has 0 bridgehead atoms. The minimum absolute atomic E-state index is 1.07. The molecule has 0 saturated heterocycles. The number of hydrogen-bond acceptors (Lipinski definition) is 2. The predicted molar refractivity (Wildman–Crippen MR) is 428 cm³/mol. The lowest BCUT2D eigenvalue weighted by molar-refractivity contribution is 1.24. The highest BCUT2D eigenvalue weighted by molar-refractivity contribution is 6.27. The summed E-state index contributed by atoms with van der Waals surface area (Å²) in [4.78, 5) is 5.01. The van der Waals surface area contributed by atoms with Gasteiger partial charge in [-0.3, -0.25) is 0 Å². The fourth-order valence-corrected chi connectivity index (χ4v) is 15.7. The molecule has 18 rings (SSSR count). The second-order valence-corrected chi connectivity index (χ2v) is 26.3. The fraction of sp³-hybridized carbons (Fsp3) is 0.0204. The van der Waals surface area contributed by atoms with E-state index in [1.807, 2.05) is 0 Å². The van der Waals surface area contributed by atoms with Crippen molar-refractivity contribution in [3.63, 3.8) is 0 Å². The zero-order chi connectivity index (χ0) is 66.6. The lowest BCUT2D eigenvalue weighted by Crippen LogP contribution is -2.14. The minimum Gasteiger partial charge on any atom is -0.309 e. The molecule has 0 aliphatic rings. The van der Waals surface area contributed by atoms with Gasteiger partial charge < -0.3 is 9.80 Å². The number of benzene rings is 18. The van der Waals surface area contributed by atoms with Crippen molar-refractivity contribution in [2.45, 2.75) is 13.8 Å². The van der Waals surface area contributed by atoms with E-state index in [0.29, 0.717) is 0 Å². The van der Waals surface area contributed by atoms with E-state index in [0.717, 1.165) is 112 Å². The van der Waals surface area contributed by atoms with Gasteiger partial charge in [-0.2, -0.15) is 0 Å². The molecule has 0 spiro atoms. The van der Waals surface area contributed by atoms with Gasteiger partial charge in [-0.15, -0.1) is 0 Å². The molecule has 18 aromatic rings. The Balaban J connectivity index is 0.766. The van der Waals surface area contributed by atoms with Gasteiger partial charge in [0.05, 0.1) is 11.4 Å². The van der Waals surface area contributed by atoms with Crippen molar-refractivity contribution in [1.82, 2.24) is 0 Å². The van der Waals surface area contributed by atoms with Gasteiger partial charge in [0.15, 0.2) is 0 Å². The SMILES string of the molecule is Cc1cc(-c2ccc(N(c3ccc(-c4ccc5c6ccccc6c6ccccc6c5c4)cc3)c3c(-c4ccccc4)cccc3-c3ccccc3)c(C)c2)ccc1N(c1ccc(-c2ccc3c4ccccc4c4ccccc4c3c2)cc1)c1c(-c2ccccc2)cccc1-c1ccccc1. The zero-order valence-electron chi connectivity index (χ0n) is 55.7. The molecule has 18 aromatic carbocycles. The van der Waals surface area contributed by atoms with Crippen molar-refractivity contribution in [1.29, 1.82) is 0 Å². The van der Waals surface area contributed by atoms with Crippen molar-refractivity contribution in [2.75, 3.05) is 9.80 Å². The number of para-hydroxylation sites is 2. The number of aryl methyl sites for hydroxylation is 2. The van der Waals surface area contributed by atoms with Crippen LogP contribution in [0.25, 0.3) is 143 Å². The summed E-state index contributed by atoms with van der Waals surface area (Å²) in [6.45, 7) is 4.55. The van der Waals surface area contributed by atoms with Crippen LogP contribution in [0.3, 0.4) is 0 Å². The molecule has 0 aliphatic heterocycles. The highest BCUT2D eigenvalue weighted by atomic mass is 15.2. The number of fused-ring (bicyclic) bond motifs is 12. The number of hydrogen-bond donors (Lipinski definition) is 0. The van der Waals surface area contributed by atoms with Gasteiger partial charge in [0, 0.05) is 45.0 Å². The molecule has 0 atom stereocenters. The lowest BCUT2D eigenvalue weighted by atomic mass is 9.91. The first kappa shape index (κ1) is 59.6. The molecule has 0 unspecified atom stereocenters. The van der Waals surface area contributed by atoms with Crippen LogP contribution in [0, 0.1) is 13.8 Å². The molecule has 0 N–H and O–H groups in total. The van der Waals surface area contributed by atoms with Crippen LogP contribution in [-0.4, -0.2) is 0 Å². The molecule has 470 valence electrons. The Hall–Kier alpha value is -12.9. The topological polar surface area (TPSA) is 6.48 Å². The van der Waals surface area contributed by atoms with Crippen LogP contribution in [0.15, 0.2) is 376 Å². The van der Waals surface area contributed by atoms with Gasteiger partial charge in [-0.05, 0) is 206 Å². The molecule has 2 nitrogen and oxygen atoms in total. The molecule has 0 fully saturated rings. The maximum absolute atomic E-state index is 2.50. The quantitative estimate of drug-likeness (QED) is 0.106. The molecule has 2 heteroatoms. The van der Waals surface area contributed by atoms with E-state index in [4.69, 9.17) is 0 Å². The summed E-state index contributed by atoms with van der Waals surface area (Å²) < 4.78 is 0. The van der Waals surface area contributed by atoms with Crippen LogP contribution >= 0.6 is 0 Å². The van der Waals surface area contributed by atoms with Crippen molar-refractivity contribution < 1.29 is 0 Å². The van der Waals surface area contributed by atoms with E-state index in [9.17, 15) is 0 Å². The highest BCUT2D eigenvalue weighted by Gasteiger charge is 2.27. The number of rotatable bonds is 13. The highest BCUT2D eigenvalue weighted by Crippen LogP contribution is 2.52. The molecule has 0 aromatic heterocycles. The first-order valence-corrected chi connectivity index (χ1v) is 34.6. The second-order valence-electron chi connectivity index (χ2n) is 26.3. The summed E-state index contributed by atoms with van der Waals surface area (Å²) in [6.07, 6.45) is 0. The molecule has 0 aliphatic carbocycles. The minimum atomic E-state index is 1.07. The van der Waals surface area contributed by atoms with Crippen LogP contribution < -0.4 is 9.80 Å². The Kier molecular flexibility index (Phi) is 15.1. The van der Waals surface area contributed by atoms with Gasteiger partial charge in [0.25, 0.3) is 0 Å². The molecule has 0 radical (unpaired) electrons. The zero-order valence-corrected chi connectivity index (χ0v) is 55.7. The standard InChI is InChI=1S/C98H68N2/c1-65-61-73(51-59-95(65)99(97-79(69-25-7-3-8-26-69)41-23-42-80(97)70-27-9-4-10-28-70)77-53-45-67(46-54-77)75-49-57-91-87-37-17-15-33-83(87)85-35-19-21-39-89(85)93(91)63-75)74-52-60-96(66(2)62-74)100(98-81(71-29-11-5-12-30-71)43-24-44-82(98)72-31-13-6-14-32-72)78-55-47-68(48-56-78)76-50-58-92-88-38-18-16-34-84(88)86-36-20-22-40-90(86)94(92)64-76/h3-64H,1-2H3. The van der Waals surface area contributed by atoms with E-state index >= 15 is 0 Å². The monoisotopic (exact) mass is 1270 g/mol. The second kappa shape index (κ2) is 25.3. The van der Waals surface area contributed by atoms with E-state index in [2.05, 4.69) is 400 Å². The third-order valence-corrected chi connectivity index (χ3v) is 20.5. The summed E-state index contributed by atoms with van der Waals surface area (Å²) in [6, 6.07) is 139. The first-order valence-electron chi connectivity index (χ1n) is 34.6. The van der Waals surface area contributed by atoms with E-state index in [1.54, 1.807) is 0 Å². The van der Waals surface area contributed by atoms with Gasteiger partial charge >= 0.3 is 0 Å². The van der Waals surface area contributed by atoms with Gasteiger partial charge in [-0.1, -0.05) is 315 Å². The van der Waals surface area contributed by atoms with Crippen molar-refractivity contribution in [3.05, 3.63) is 387 Å². The molecule has 0 saturated carbocycles. The third-order valence-electron chi connectivity index (χ3n) is 20.5. The summed E-state index contributed by atoms with van der Waals surface area (Å²) in [5.74, 6) is 0. The van der Waals surface area contributed by atoms with Gasteiger partial charge in [0.1, 0.15) is 0 Å². The predicted octanol–water partition coefficient (Wildman–Crippen LogP) is 27.8. The van der Waals surface area contributed by atoms with E-state index in [-0.39, 0.29) is 0 Å².